The maximum Gasteiger partial charge on any atom is 0.251 e. The molecule has 7 nitrogen and oxygen atoms in total. The summed E-state index contributed by atoms with van der Waals surface area (Å²) in [5, 5.41) is 22.7. The molecule has 2 N–H and O–H groups in total. The molecule has 0 saturated carbocycles. The van der Waals surface area contributed by atoms with E-state index in [1.165, 1.54) is 0 Å². The van der Waals surface area contributed by atoms with E-state index in [-0.39, 0.29) is 12.2 Å². The molecule has 3 aromatic heterocycles. The number of rotatable bonds is 5. The molecule has 0 aliphatic carbocycles. The van der Waals surface area contributed by atoms with E-state index in [4.69, 9.17) is 0 Å². The van der Waals surface area contributed by atoms with Crippen LogP contribution in [0.25, 0.3) is 33.3 Å². The molecule has 160 valence electrons. The summed E-state index contributed by atoms with van der Waals surface area (Å²) in [7, 11) is 1.87. The highest BCUT2D eigenvalue weighted by atomic mass is 79.9. The van der Waals surface area contributed by atoms with Crippen molar-refractivity contribution in [1.29, 1.82) is 0 Å². The van der Waals surface area contributed by atoms with Crippen molar-refractivity contribution in [3.8, 4) is 22.4 Å². The molecule has 2 aromatic carbocycles. The molecule has 1 atom stereocenters. The number of aromatic nitrogens is 5. The van der Waals surface area contributed by atoms with Gasteiger partial charge >= 0.3 is 0 Å². The SMILES string of the molecule is Cn1cc(-c2n[nH]c3ccc(-c4ccn(C(CO)c5cccc(Br)c5)c(=O)c4)cc23)cn1. The van der Waals surface area contributed by atoms with Crippen molar-refractivity contribution in [3.05, 3.63) is 93.6 Å². The Morgan fingerprint density at radius 2 is 1.94 bits per heavy atom. The summed E-state index contributed by atoms with van der Waals surface area (Å²) in [4.78, 5) is 13.0. The molecule has 32 heavy (non-hydrogen) atoms. The zero-order valence-corrected chi connectivity index (χ0v) is 18.8. The number of aliphatic hydroxyl groups is 1. The highest BCUT2D eigenvalue weighted by Gasteiger charge is 2.16. The molecule has 0 radical (unpaired) electrons. The third kappa shape index (κ3) is 3.68. The van der Waals surface area contributed by atoms with E-state index in [0.717, 1.165) is 43.3 Å². The highest BCUT2D eigenvalue weighted by Crippen LogP contribution is 2.30. The van der Waals surface area contributed by atoms with Crippen LogP contribution in [-0.4, -0.2) is 36.3 Å². The molecule has 5 aromatic rings. The van der Waals surface area contributed by atoms with Crippen molar-refractivity contribution in [2.45, 2.75) is 6.04 Å². The zero-order valence-electron chi connectivity index (χ0n) is 17.2. The number of hydrogen-bond acceptors (Lipinski definition) is 4. The number of benzene rings is 2. The van der Waals surface area contributed by atoms with Crippen LogP contribution in [0.5, 0.6) is 0 Å². The van der Waals surface area contributed by atoms with Gasteiger partial charge in [-0.3, -0.25) is 14.6 Å². The van der Waals surface area contributed by atoms with E-state index >= 15 is 0 Å². The summed E-state index contributed by atoms with van der Waals surface area (Å²) in [5.41, 5.74) is 5.05. The number of hydrogen-bond donors (Lipinski definition) is 2. The first kappa shape index (κ1) is 20.4. The molecular formula is C24H20BrN5O2. The number of halogens is 1. The predicted octanol–water partition coefficient (Wildman–Crippen LogP) is 4.14. The Morgan fingerprint density at radius 3 is 2.66 bits per heavy atom. The van der Waals surface area contributed by atoms with Crippen molar-refractivity contribution in [1.82, 2.24) is 24.5 Å². The molecule has 0 aliphatic rings. The van der Waals surface area contributed by atoms with E-state index < -0.39 is 6.04 Å². The maximum atomic E-state index is 13.0. The van der Waals surface area contributed by atoms with Crippen LogP contribution in [0.2, 0.25) is 0 Å². The van der Waals surface area contributed by atoms with Gasteiger partial charge in [0.15, 0.2) is 0 Å². The van der Waals surface area contributed by atoms with Gasteiger partial charge in [-0.15, -0.1) is 0 Å². The topological polar surface area (TPSA) is 88.7 Å². The average Bonchev–Trinajstić information content (AvgIpc) is 3.40. The van der Waals surface area contributed by atoms with E-state index in [1.54, 1.807) is 27.7 Å². The van der Waals surface area contributed by atoms with Crippen LogP contribution >= 0.6 is 15.9 Å². The van der Waals surface area contributed by atoms with Gasteiger partial charge in [0.1, 0.15) is 5.69 Å². The minimum Gasteiger partial charge on any atom is -0.394 e. The third-order valence-corrected chi connectivity index (χ3v) is 6.06. The van der Waals surface area contributed by atoms with E-state index in [9.17, 15) is 9.90 Å². The smallest absolute Gasteiger partial charge is 0.251 e. The summed E-state index contributed by atoms with van der Waals surface area (Å²) in [5.74, 6) is 0. The molecule has 8 heteroatoms. The molecule has 0 saturated heterocycles. The van der Waals surface area contributed by atoms with Crippen LogP contribution in [0.15, 0.2) is 82.5 Å². The van der Waals surface area contributed by atoms with Gasteiger partial charge in [-0.05, 0) is 47.0 Å². The van der Waals surface area contributed by atoms with Crippen LogP contribution in [0.4, 0.5) is 0 Å². The molecular weight excluding hydrogens is 470 g/mol. The quantitative estimate of drug-likeness (QED) is 0.388. The van der Waals surface area contributed by atoms with Crippen molar-refractivity contribution >= 4 is 26.8 Å². The van der Waals surface area contributed by atoms with Crippen LogP contribution in [0, 0.1) is 0 Å². The molecule has 5 rings (SSSR count). The van der Waals surface area contributed by atoms with Crippen molar-refractivity contribution in [2.75, 3.05) is 6.61 Å². The van der Waals surface area contributed by atoms with Crippen molar-refractivity contribution in [2.24, 2.45) is 7.05 Å². The number of nitrogens with one attached hydrogen (secondary N) is 1. The summed E-state index contributed by atoms with van der Waals surface area (Å²) >= 11 is 3.45. The first-order valence-corrected chi connectivity index (χ1v) is 10.9. The fourth-order valence-corrected chi connectivity index (χ4v) is 4.37. The Bertz CT molecular complexity index is 1480. The van der Waals surface area contributed by atoms with Crippen LogP contribution in [0.1, 0.15) is 11.6 Å². The fourth-order valence-electron chi connectivity index (χ4n) is 3.95. The second-order valence-corrected chi connectivity index (χ2v) is 8.57. The largest absolute Gasteiger partial charge is 0.394 e. The highest BCUT2D eigenvalue weighted by molar-refractivity contribution is 9.10. The van der Waals surface area contributed by atoms with Gasteiger partial charge < -0.3 is 9.67 Å². The van der Waals surface area contributed by atoms with Gasteiger partial charge in [-0.25, -0.2) is 0 Å². The molecule has 0 bridgehead atoms. The standard InChI is InChI=1S/C24H20BrN5O2/c1-29-13-18(12-26-29)24-20-10-15(5-6-21(20)27-28-24)16-7-8-30(23(32)11-16)22(14-31)17-3-2-4-19(25)9-17/h2-13,22,31H,14H2,1H3,(H,27,28). The Labute approximate surface area is 192 Å². The van der Waals surface area contributed by atoms with Crippen LogP contribution in [-0.2, 0) is 7.05 Å². The maximum absolute atomic E-state index is 13.0. The second kappa shape index (κ2) is 8.22. The summed E-state index contributed by atoms with van der Waals surface area (Å²) < 4.78 is 4.20. The molecule has 0 fully saturated rings. The summed E-state index contributed by atoms with van der Waals surface area (Å²) in [6.07, 6.45) is 5.43. The van der Waals surface area contributed by atoms with Crippen molar-refractivity contribution in [3.63, 3.8) is 0 Å². The Kier molecular flexibility index (Phi) is 5.24. The average molecular weight is 490 g/mol. The molecule has 0 aliphatic heterocycles. The lowest BCUT2D eigenvalue weighted by molar-refractivity contribution is 0.247. The lowest BCUT2D eigenvalue weighted by Gasteiger charge is -2.18. The third-order valence-electron chi connectivity index (χ3n) is 5.56. The Hall–Kier alpha value is -3.49. The minimum absolute atomic E-state index is 0.175. The van der Waals surface area contributed by atoms with Gasteiger partial charge in [-0.1, -0.05) is 34.1 Å². The van der Waals surface area contributed by atoms with Crippen LogP contribution in [0.3, 0.4) is 0 Å². The van der Waals surface area contributed by atoms with E-state index in [0.29, 0.717) is 0 Å². The Morgan fingerprint density at radius 1 is 1.09 bits per heavy atom. The monoisotopic (exact) mass is 489 g/mol. The number of aromatic amines is 1. The van der Waals surface area contributed by atoms with Gasteiger partial charge in [0.2, 0.25) is 0 Å². The van der Waals surface area contributed by atoms with Gasteiger partial charge in [0.25, 0.3) is 5.56 Å². The molecule has 3 heterocycles. The van der Waals surface area contributed by atoms with Gasteiger partial charge in [0.05, 0.1) is 24.4 Å². The number of aryl methyl sites for hydroxylation is 1. The van der Waals surface area contributed by atoms with E-state index in [1.807, 2.05) is 61.8 Å². The number of fused-ring (bicyclic) bond motifs is 1. The molecule has 1 unspecified atom stereocenters. The van der Waals surface area contributed by atoms with Crippen molar-refractivity contribution < 1.29 is 5.11 Å². The van der Waals surface area contributed by atoms with Crippen LogP contribution < -0.4 is 5.56 Å². The zero-order chi connectivity index (χ0) is 22.2. The Balaban J connectivity index is 1.54. The second-order valence-electron chi connectivity index (χ2n) is 7.65. The van der Waals surface area contributed by atoms with E-state index in [2.05, 4.69) is 31.2 Å². The van der Waals surface area contributed by atoms with Gasteiger partial charge in [0, 0.05) is 40.9 Å². The normalized spacial score (nSPS) is 12.3. The number of aliphatic hydroxyl groups excluding tert-OH is 1. The first-order chi connectivity index (χ1) is 15.5. The number of pyridine rings is 1. The predicted molar refractivity (Wildman–Crippen MR) is 127 cm³/mol. The first-order valence-electron chi connectivity index (χ1n) is 10.1. The summed E-state index contributed by atoms with van der Waals surface area (Å²) in [6.45, 7) is -0.175. The summed E-state index contributed by atoms with van der Waals surface area (Å²) in [6, 6.07) is 16.6. The molecule has 0 amide bonds. The lowest BCUT2D eigenvalue weighted by atomic mass is 10.0. The number of nitrogens with zero attached hydrogens (tertiary/aromatic N) is 4. The fraction of sp³-hybridized carbons (Fsp3) is 0.125. The number of H-pyrrole nitrogens is 1. The lowest BCUT2D eigenvalue weighted by Crippen LogP contribution is -2.26. The molecule has 0 spiro atoms. The minimum atomic E-state index is -0.456. The van der Waals surface area contributed by atoms with Gasteiger partial charge in [-0.2, -0.15) is 10.2 Å².